The molecule has 0 bridgehead atoms. The SMILES string of the molecule is Cc1nc2c(C3=CCCCC3)c(-c3ccccc3)[nH]n2c(=O)c1-c1ccc2nccnc2c1. The van der Waals surface area contributed by atoms with Gasteiger partial charge in [0.05, 0.1) is 28.0 Å². The van der Waals surface area contributed by atoms with Crippen LogP contribution in [0.3, 0.4) is 0 Å². The molecule has 1 aliphatic carbocycles. The zero-order valence-electron chi connectivity index (χ0n) is 18.4. The summed E-state index contributed by atoms with van der Waals surface area (Å²) in [5.74, 6) is 0. The molecule has 6 heteroatoms. The summed E-state index contributed by atoms with van der Waals surface area (Å²) in [6.07, 6.45) is 10.0. The van der Waals surface area contributed by atoms with Crippen molar-refractivity contribution < 1.29 is 0 Å². The van der Waals surface area contributed by atoms with Gasteiger partial charge in [-0.1, -0.05) is 42.5 Å². The molecule has 1 aliphatic rings. The van der Waals surface area contributed by atoms with Gasteiger partial charge in [-0.15, -0.1) is 0 Å². The number of benzene rings is 2. The Balaban J connectivity index is 1.63. The van der Waals surface area contributed by atoms with Gasteiger partial charge < -0.3 is 0 Å². The van der Waals surface area contributed by atoms with Gasteiger partial charge in [-0.05, 0) is 55.9 Å². The summed E-state index contributed by atoms with van der Waals surface area (Å²) in [4.78, 5) is 27.5. The van der Waals surface area contributed by atoms with Crippen LogP contribution in [0.25, 0.3) is 44.6 Å². The fourth-order valence-electron chi connectivity index (χ4n) is 4.81. The van der Waals surface area contributed by atoms with Crippen molar-refractivity contribution in [2.45, 2.75) is 32.6 Å². The highest BCUT2D eigenvalue weighted by molar-refractivity contribution is 5.88. The van der Waals surface area contributed by atoms with E-state index in [-0.39, 0.29) is 5.56 Å². The van der Waals surface area contributed by atoms with E-state index in [1.54, 1.807) is 16.9 Å². The third-order valence-electron chi connectivity index (χ3n) is 6.39. The largest absolute Gasteiger partial charge is 0.288 e. The Labute approximate surface area is 190 Å². The Hall–Kier alpha value is -4.06. The summed E-state index contributed by atoms with van der Waals surface area (Å²) in [5, 5.41) is 3.39. The minimum atomic E-state index is -0.111. The molecule has 0 spiro atoms. The summed E-state index contributed by atoms with van der Waals surface area (Å²) in [6.45, 7) is 1.91. The molecule has 0 saturated carbocycles. The molecule has 0 saturated heterocycles. The maximum absolute atomic E-state index is 13.8. The number of aromatic nitrogens is 5. The van der Waals surface area contributed by atoms with Crippen LogP contribution in [-0.4, -0.2) is 24.6 Å². The smallest absolute Gasteiger partial charge is 0.280 e. The molecule has 3 heterocycles. The van der Waals surface area contributed by atoms with E-state index in [9.17, 15) is 4.79 Å². The lowest BCUT2D eigenvalue weighted by Gasteiger charge is -2.14. The maximum Gasteiger partial charge on any atom is 0.280 e. The Morgan fingerprint density at radius 1 is 0.909 bits per heavy atom. The van der Waals surface area contributed by atoms with E-state index >= 15 is 0 Å². The van der Waals surface area contributed by atoms with Gasteiger partial charge in [0.15, 0.2) is 5.65 Å². The van der Waals surface area contributed by atoms with Crippen molar-refractivity contribution >= 4 is 22.3 Å². The summed E-state index contributed by atoms with van der Waals surface area (Å²) < 4.78 is 1.61. The number of allylic oxidation sites excluding steroid dienone is 2. The highest BCUT2D eigenvalue weighted by Crippen LogP contribution is 2.36. The molecule has 162 valence electrons. The topological polar surface area (TPSA) is 75.9 Å². The number of H-pyrrole nitrogens is 1. The third kappa shape index (κ3) is 3.26. The van der Waals surface area contributed by atoms with Crippen LogP contribution in [0.2, 0.25) is 0 Å². The van der Waals surface area contributed by atoms with Crippen LogP contribution >= 0.6 is 0 Å². The van der Waals surface area contributed by atoms with Crippen LogP contribution in [0.4, 0.5) is 0 Å². The highest BCUT2D eigenvalue weighted by Gasteiger charge is 2.23. The molecule has 6 nitrogen and oxygen atoms in total. The van der Waals surface area contributed by atoms with Gasteiger partial charge >= 0.3 is 0 Å². The monoisotopic (exact) mass is 433 g/mol. The van der Waals surface area contributed by atoms with Gasteiger partial charge in [-0.25, -0.2) is 4.98 Å². The van der Waals surface area contributed by atoms with E-state index in [1.807, 2.05) is 43.3 Å². The van der Waals surface area contributed by atoms with Gasteiger partial charge in [0, 0.05) is 23.5 Å². The van der Waals surface area contributed by atoms with Crippen molar-refractivity contribution in [3.05, 3.63) is 88.6 Å². The van der Waals surface area contributed by atoms with Crippen LogP contribution in [0.5, 0.6) is 0 Å². The second-order valence-corrected chi connectivity index (χ2v) is 8.50. The molecule has 1 N–H and O–H groups in total. The summed E-state index contributed by atoms with van der Waals surface area (Å²) in [5.41, 5.74) is 8.49. The molecule has 0 fully saturated rings. The molecule has 0 amide bonds. The first-order valence-corrected chi connectivity index (χ1v) is 11.3. The maximum atomic E-state index is 13.8. The van der Waals surface area contributed by atoms with E-state index in [0.717, 1.165) is 52.7 Å². The molecule has 0 unspecified atom stereocenters. The average molecular weight is 434 g/mol. The lowest BCUT2D eigenvalue weighted by Crippen LogP contribution is -2.19. The minimum Gasteiger partial charge on any atom is -0.288 e. The average Bonchev–Trinajstić information content (AvgIpc) is 3.24. The van der Waals surface area contributed by atoms with Gasteiger partial charge in [-0.2, -0.15) is 4.52 Å². The molecule has 33 heavy (non-hydrogen) atoms. The summed E-state index contributed by atoms with van der Waals surface area (Å²) >= 11 is 0. The number of rotatable bonds is 3. The van der Waals surface area contributed by atoms with Crippen molar-refractivity contribution in [2.75, 3.05) is 0 Å². The lowest BCUT2D eigenvalue weighted by molar-refractivity contribution is 0.742. The van der Waals surface area contributed by atoms with Crippen LogP contribution < -0.4 is 5.56 Å². The molecule has 5 aromatic rings. The molecular weight excluding hydrogens is 410 g/mol. The number of hydrogen-bond acceptors (Lipinski definition) is 4. The van der Waals surface area contributed by atoms with Crippen LogP contribution in [0.15, 0.2) is 71.8 Å². The van der Waals surface area contributed by atoms with Crippen molar-refractivity contribution in [3.63, 3.8) is 0 Å². The minimum absolute atomic E-state index is 0.111. The first-order chi connectivity index (χ1) is 16.2. The predicted octanol–water partition coefficient (Wildman–Crippen LogP) is 5.57. The van der Waals surface area contributed by atoms with E-state index in [0.29, 0.717) is 16.9 Å². The van der Waals surface area contributed by atoms with Gasteiger partial charge in [0.1, 0.15) is 0 Å². The van der Waals surface area contributed by atoms with Gasteiger partial charge in [0.25, 0.3) is 5.56 Å². The third-order valence-corrected chi connectivity index (χ3v) is 6.39. The molecule has 2 aromatic carbocycles. The quantitative estimate of drug-likeness (QED) is 0.404. The number of aromatic amines is 1. The van der Waals surface area contributed by atoms with Crippen molar-refractivity contribution in [1.29, 1.82) is 0 Å². The second-order valence-electron chi connectivity index (χ2n) is 8.50. The number of fused-ring (bicyclic) bond motifs is 2. The predicted molar refractivity (Wildman–Crippen MR) is 131 cm³/mol. The van der Waals surface area contributed by atoms with Crippen LogP contribution in [-0.2, 0) is 0 Å². The lowest BCUT2D eigenvalue weighted by atomic mass is 9.92. The fraction of sp³-hybridized carbons (Fsp3) is 0.185. The van der Waals surface area contributed by atoms with Gasteiger partial charge in [-0.3, -0.25) is 19.9 Å². The Morgan fingerprint density at radius 3 is 2.52 bits per heavy atom. The normalized spacial score (nSPS) is 14.0. The molecule has 6 rings (SSSR count). The number of hydrogen-bond donors (Lipinski definition) is 1. The molecule has 3 aromatic heterocycles. The summed E-state index contributed by atoms with van der Waals surface area (Å²) in [7, 11) is 0. The van der Waals surface area contributed by atoms with Crippen molar-refractivity contribution in [3.8, 4) is 22.4 Å². The number of nitrogens with one attached hydrogen (secondary N) is 1. The van der Waals surface area contributed by atoms with E-state index in [2.05, 4.69) is 33.3 Å². The fourth-order valence-corrected chi connectivity index (χ4v) is 4.81. The first-order valence-electron chi connectivity index (χ1n) is 11.3. The molecule has 0 radical (unpaired) electrons. The van der Waals surface area contributed by atoms with E-state index in [1.165, 1.54) is 12.0 Å². The van der Waals surface area contributed by atoms with Gasteiger partial charge in [0.2, 0.25) is 0 Å². The molecule has 0 aliphatic heterocycles. The van der Waals surface area contributed by atoms with Crippen molar-refractivity contribution in [1.82, 2.24) is 24.6 Å². The molecule has 0 atom stereocenters. The Kier molecular flexibility index (Phi) is 4.64. The number of aryl methyl sites for hydroxylation is 1. The summed E-state index contributed by atoms with van der Waals surface area (Å²) in [6, 6.07) is 15.9. The highest BCUT2D eigenvalue weighted by atomic mass is 16.1. The first kappa shape index (κ1) is 19.6. The number of nitrogens with zero attached hydrogens (tertiary/aromatic N) is 4. The second kappa shape index (κ2) is 7.81. The van der Waals surface area contributed by atoms with Crippen LogP contribution in [0, 0.1) is 6.92 Å². The standard InChI is InChI=1S/C27H23N5O/c1-17-23(20-12-13-21-22(16-20)29-15-14-28-21)27(33)32-26(30-17)24(18-8-4-2-5-9-18)25(31-32)19-10-6-3-7-11-19/h3,6-8,10-16,31H,2,4-5,9H2,1H3. The van der Waals surface area contributed by atoms with Crippen LogP contribution in [0.1, 0.15) is 36.9 Å². The zero-order chi connectivity index (χ0) is 22.4. The molecular formula is C27H23N5O. The van der Waals surface area contributed by atoms with Crippen molar-refractivity contribution in [2.24, 2.45) is 0 Å². The van der Waals surface area contributed by atoms with E-state index in [4.69, 9.17) is 4.98 Å². The zero-order valence-corrected chi connectivity index (χ0v) is 18.4. The Bertz CT molecular complexity index is 1590. The Morgan fingerprint density at radius 2 is 1.73 bits per heavy atom. The van der Waals surface area contributed by atoms with E-state index < -0.39 is 0 Å².